The Morgan fingerprint density at radius 3 is 2.94 bits per heavy atom. The lowest BCUT2D eigenvalue weighted by molar-refractivity contribution is 0.0602. The van der Waals surface area contributed by atoms with Crippen molar-refractivity contribution < 1.29 is 9.53 Å². The minimum absolute atomic E-state index is 0.375. The number of methoxy groups -OCH3 is 1. The predicted molar refractivity (Wildman–Crippen MR) is 64.5 cm³/mol. The molecular formula is C11H11BrN2O2. The number of halogens is 1. The summed E-state index contributed by atoms with van der Waals surface area (Å²) in [6, 6.07) is 3.61. The maximum absolute atomic E-state index is 11.6. The number of fused-ring (bicyclic) bond motifs is 1. The van der Waals surface area contributed by atoms with Crippen molar-refractivity contribution in [2.75, 3.05) is 7.11 Å². The Morgan fingerprint density at radius 1 is 1.56 bits per heavy atom. The Labute approximate surface area is 101 Å². The van der Waals surface area contributed by atoms with Gasteiger partial charge >= 0.3 is 5.97 Å². The van der Waals surface area contributed by atoms with Crippen LogP contribution in [0.5, 0.6) is 0 Å². The number of aromatic amines is 1. The van der Waals surface area contributed by atoms with Gasteiger partial charge in [-0.3, -0.25) is 0 Å². The van der Waals surface area contributed by atoms with Gasteiger partial charge in [0.05, 0.1) is 18.2 Å². The van der Waals surface area contributed by atoms with Crippen molar-refractivity contribution in [3.63, 3.8) is 0 Å². The highest BCUT2D eigenvalue weighted by Gasteiger charge is 2.14. The summed E-state index contributed by atoms with van der Waals surface area (Å²) >= 11 is 3.36. The number of ether oxygens (including phenoxy) is 1. The van der Waals surface area contributed by atoms with Crippen LogP contribution in [0.3, 0.4) is 0 Å². The van der Waals surface area contributed by atoms with Crippen molar-refractivity contribution in [2.45, 2.75) is 13.3 Å². The second-order valence-corrected chi connectivity index (χ2v) is 4.29. The van der Waals surface area contributed by atoms with E-state index < -0.39 is 0 Å². The number of carbonyl (C=O) groups excluding carboxylic acids is 1. The number of hydrogen-bond donors (Lipinski definition) is 1. The fourth-order valence-corrected chi connectivity index (χ4v) is 2.02. The van der Waals surface area contributed by atoms with E-state index in [1.165, 1.54) is 7.11 Å². The Kier molecular flexibility index (Phi) is 2.96. The van der Waals surface area contributed by atoms with Crippen LogP contribution in [0.15, 0.2) is 16.6 Å². The molecule has 0 aliphatic carbocycles. The van der Waals surface area contributed by atoms with Crippen LogP contribution in [0, 0.1) is 0 Å². The van der Waals surface area contributed by atoms with Crippen molar-refractivity contribution in [3.8, 4) is 0 Å². The zero-order valence-corrected chi connectivity index (χ0v) is 10.6. The van der Waals surface area contributed by atoms with Crippen LogP contribution < -0.4 is 0 Å². The maximum Gasteiger partial charge on any atom is 0.340 e. The first-order chi connectivity index (χ1) is 7.65. The number of nitrogens with zero attached hydrogens (tertiary/aromatic N) is 1. The molecule has 16 heavy (non-hydrogen) atoms. The SMILES string of the molecule is CCc1nc2c(C(=O)OC)cc(Br)cc2[nH]1. The molecule has 1 aromatic carbocycles. The Bertz CT molecular complexity index is 548. The van der Waals surface area contributed by atoms with Crippen LogP contribution in [-0.2, 0) is 11.2 Å². The number of carbonyl (C=O) groups is 1. The third kappa shape index (κ3) is 1.82. The summed E-state index contributed by atoms with van der Waals surface area (Å²) in [5, 5.41) is 0. The molecule has 5 heteroatoms. The molecule has 0 aliphatic heterocycles. The minimum atomic E-state index is -0.375. The van der Waals surface area contributed by atoms with Crippen LogP contribution in [0.2, 0.25) is 0 Å². The van der Waals surface area contributed by atoms with E-state index in [4.69, 9.17) is 4.74 Å². The van der Waals surface area contributed by atoms with E-state index in [1.54, 1.807) is 6.07 Å². The number of aromatic nitrogens is 2. The lowest BCUT2D eigenvalue weighted by atomic mass is 10.2. The fourth-order valence-electron chi connectivity index (χ4n) is 1.57. The second-order valence-electron chi connectivity index (χ2n) is 3.38. The van der Waals surface area contributed by atoms with E-state index in [-0.39, 0.29) is 5.97 Å². The molecule has 0 bridgehead atoms. The first-order valence-electron chi connectivity index (χ1n) is 4.92. The summed E-state index contributed by atoms with van der Waals surface area (Å²) in [5.74, 6) is 0.485. The Morgan fingerprint density at radius 2 is 2.31 bits per heavy atom. The standard InChI is InChI=1S/C11H11BrN2O2/c1-3-9-13-8-5-6(12)4-7(10(8)14-9)11(15)16-2/h4-5H,3H2,1-2H3,(H,13,14). The molecule has 2 rings (SSSR count). The molecule has 0 amide bonds. The average molecular weight is 283 g/mol. The number of H-pyrrole nitrogens is 1. The molecule has 0 saturated heterocycles. The minimum Gasteiger partial charge on any atom is -0.465 e. The normalized spacial score (nSPS) is 10.7. The van der Waals surface area contributed by atoms with Crippen molar-refractivity contribution in [1.82, 2.24) is 9.97 Å². The first-order valence-corrected chi connectivity index (χ1v) is 5.71. The van der Waals surface area contributed by atoms with Gasteiger partial charge in [0, 0.05) is 10.9 Å². The highest BCUT2D eigenvalue weighted by molar-refractivity contribution is 9.10. The molecule has 0 atom stereocenters. The van der Waals surface area contributed by atoms with Gasteiger partial charge in [-0.25, -0.2) is 9.78 Å². The molecule has 0 spiro atoms. The summed E-state index contributed by atoms with van der Waals surface area (Å²) < 4.78 is 5.55. The van der Waals surface area contributed by atoms with Crippen molar-refractivity contribution in [3.05, 3.63) is 28.0 Å². The summed E-state index contributed by atoms with van der Waals surface area (Å²) in [4.78, 5) is 19.1. The average Bonchev–Trinajstić information content (AvgIpc) is 2.69. The molecule has 0 aliphatic rings. The zero-order chi connectivity index (χ0) is 11.7. The third-order valence-electron chi connectivity index (χ3n) is 2.34. The molecule has 0 fully saturated rings. The van der Waals surface area contributed by atoms with E-state index in [9.17, 15) is 4.79 Å². The van der Waals surface area contributed by atoms with Gasteiger partial charge in [0.1, 0.15) is 11.3 Å². The first kappa shape index (κ1) is 11.1. The van der Waals surface area contributed by atoms with Crippen LogP contribution in [-0.4, -0.2) is 23.0 Å². The number of imidazole rings is 1. The van der Waals surface area contributed by atoms with Gasteiger partial charge in [-0.05, 0) is 12.1 Å². The fraction of sp³-hybridized carbons (Fsp3) is 0.273. The second kappa shape index (κ2) is 4.25. The molecule has 1 heterocycles. The molecule has 0 radical (unpaired) electrons. The maximum atomic E-state index is 11.6. The smallest absolute Gasteiger partial charge is 0.340 e. The van der Waals surface area contributed by atoms with Gasteiger partial charge in [-0.2, -0.15) is 0 Å². The quantitative estimate of drug-likeness (QED) is 0.862. The summed E-state index contributed by atoms with van der Waals surface area (Å²) in [6.07, 6.45) is 0.799. The summed E-state index contributed by atoms with van der Waals surface area (Å²) in [6.45, 7) is 2.00. The predicted octanol–water partition coefficient (Wildman–Crippen LogP) is 2.67. The van der Waals surface area contributed by atoms with Gasteiger partial charge in [-0.1, -0.05) is 22.9 Å². The number of nitrogens with one attached hydrogen (secondary N) is 1. The highest BCUT2D eigenvalue weighted by Crippen LogP contribution is 2.23. The Balaban J connectivity index is 2.70. The van der Waals surface area contributed by atoms with Crippen molar-refractivity contribution in [2.24, 2.45) is 0 Å². The van der Waals surface area contributed by atoms with E-state index in [1.807, 2.05) is 13.0 Å². The molecule has 4 nitrogen and oxygen atoms in total. The molecule has 1 N–H and O–H groups in total. The zero-order valence-electron chi connectivity index (χ0n) is 9.00. The van der Waals surface area contributed by atoms with E-state index in [2.05, 4.69) is 25.9 Å². The topological polar surface area (TPSA) is 55.0 Å². The number of rotatable bonds is 2. The monoisotopic (exact) mass is 282 g/mol. The molecule has 2 aromatic rings. The highest BCUT2D eigenvalue weighted by atomic mass is 79.9. The van der Waals surface area contributed by atoms with E-state index in [0.29, 0.717) is 11.1 Å². The lowest BCUT2D eigenvalue weighted by Crippen LogP contribution is -2.02. The Hall–Kier alpha value is -1.36. The lowest BCUT2D eigenvalue weighted by Gasteiger charge is -2.00. The molecule has 0 unspecified atom stereocenters. The van der Waals surface area contributed by atoms with Gasteiger partial charge < -0.3 is 9.72 Å². The number of benzene rings is 1. The van der Waals surface area contributed by atoms with E-state index in [0.717, 1.165) is 22.2 Å². The summed E-state index contributed by atoms with van der Waals surface area (Å²) in [7, 11) is 1.36. The van der Waals surface area contributed by atoms with Crippen LogP contribution >= 0.6 is 15.9 Å². The molecule has 1 aromatic heterocycles. The van der Waals surface area contributed by atoms with Crippen LogP contribution in [0.4, 0.5) is 0 Å². The van der Waals surface area contributed by atoms with Gasteiger partial charge in [0.25, 0.3) is 0 Å². The van der Waals surface area contributed by atoms with E-state index >= 15 is 0 Å². The number of hydrogen-bond acceptors (Lipinski definition) is 3. The number of aryl methyl sites for hydroxylation is 1. The van der Waals surface area contributed by atoms with Crippen molar-refractivity contribution >= 4 is 32.9 Å². The van der Waals surface area contributed by atoms with Crippen LogP contribution in [0.25, 0.3) is 11.0 Å². The molecule has 0 saturated carbocycles. The third-order valence-corrected chi connectivity index (χ3v) is 2.80. The van der Waals surface area contributed by atoms with Gasteiger partial charge in [0.2, 0.25) is 0 Å². The molecular weight excluding hydrogens is 272 g/mol. The largest absolute Gasteiger partial charge is 0.465 e. The van der Waals surface area contributed by atoms with Crippen molar-refractivity contribution in [1.29, 1.82) is 0 Å². The summed E-state index contributed by atoms with van der Waals surface area (Å²) in [5.41, 5.74) is 1.97. The van der Waals surface area contributed by atoms with Gasteiger partial charge in [0.15, 0.2) is 0 Å². The molecule has 84 valence electrons. The van der Waals surface area contributed by atoms with Gasteiger partial charge in [-0.15, -0.1) is 0 Å². The van der Waals surface area contributed by atoms with Crippen LogP contribution in [0.1, 0.15) is 23.1 Å². The number of esters is 1.